The van der Waals surface area contributed by atoms with Crippen LogP contribution in [-0.4, -0.2) is 22.8 Å². The third kappa shape index (κ3) is 2.23. The Morgan fingerprint density at radius 2 is 2.16 bits per heavy atom. The molecular weight excluding hydrogens is 244 g/mol. The summed E-state index contributed by atoms with van der Waals surface area (Å²) in [6.07, 6.45) is 3.41. The average molecular weight is 258 g/mol. The molecule has 1 aromatic heterocycles. The third-order valence-corrected chi connectivity index (χ3v) is 3.22. The van der Waals surface area contributed by atoms with Crippen molar-refractivity contribution in [3.63, 3.8) is 0 Å². The van der Waals surface area contributed by atoms with Gasteiger partial charge in [-0.25, -0.2) is 4.79 Å². The molecule has 0 saturated heterocycles. The molecule has 1 aliphatic rings. The van der Waals surface area contributed by atoms with E-state index in [1.54, 1.807) is 6.92 Å². The molecule has 0 unspecified atom stereocenters. The molecular formula is C14H14N2O3. The van der Waals surface area contributed by atoms with Crippen molar-refractivity contribution in [1.29, 1.82) is 0 Å². The van der Waals surface area contributed by atoms with Crippen LogP contribution >= 0.6 is 0 Å². The van der Waals surface area contributed by atoms with E-state index in [4.69, 9.17) is 9.15 Å². The van der Waals surface area contributed by atoms with E-state index < -0.39 is 5.97 Å². The van der Waals surface area contributed by atoms with Crippen molar-refractivity contribution in [2.45, 2.75) is 26.2 Å². The fraction of sp³-hybridized carbons (Fsp3) is 0.357. The minimum Gasteiger partial charge on any atom is -0.459 e. The maximum absolute atomic E-state index is 11.5. The first-order valence-electron chi connectivity index (χ1n) is 6.40. The summed E-state index contributed by atoms with van der Waals surface area (Å²) in [4.78, 5) is 11.5. The lowest BCUT2D eigenvalue weighted by atomic mass is 10.1. The molecule has 0 aliphatic heterocycles. The minimum atomic E-state index is -0.581. The molecule has 1 heterocycles. The van der Waals surface area contributed by atoms with Crippen LogP contribution in [0.15, 0.2) is 22.6 Å². The molecule has 0 N–H and O–H groups in total. The number of hydrogen-bond acceptors (Lipinski definition) is 5. The number of ether oxygens (including phenoxy) is 1. The van der Waals surface area contributed by atoms with Gasteiger partial charge < -0.3 is 9.15 Å². The molecule has 0 saturated carbocycles. The second-order valence-electron chi connectivity index (χ2n) is 4.47. The van der Waals surface area contributed by atoms with E-state index in [0.29, 0.717) is 5.89 Å². The van der Waals surface area contributed by atoms with Gasteiger partial charge in [0, 0.05) is 5.56 Å². The van der Waals surface area contributed by atoms with Crippen LogP contribution in [0.25, 0.3) is 11.5 Å². The number of nitrogens with zero attached hydrogens (tertiary/aromatic N) is 2. The molecule has 0 bridgehead atoms. The zero-order chi connectivity index (χ0) is 13.2. The summed E-state index contributed by atoms with van der Waals surface area (Å²) in [6.45, 7) is 2.02. The number of rotatable bonds is 3. The van der Waals surface area contributed by atoms with Gasteiger partial charge in [-0.2, -0.15) is 0 Å². The summed E-state index contributed by atoms with van der Waals surface area (Å²) in [5.74, 6) is -0.322. The number of fused-ring (bicyclic) bond motifs is 1. The van der Waals surface area contributed by atoms with Crippen molar-refractivity contribution in [1.82, 2.24) is 10.2 Å². The first kappa shape index (κ1) is 11.9. The third-order valence-electron chi connectivity index (χ3n) is 3.22. The number of hydrogen-bond donors (Lipinski definition) is 0. The van der Waals surface area contributed by atoms with Crippen LogP contribution in [0.5, 0.6) is 0 Å². The van der Waals surface area contributed by atoms with E-state index in [9.17, 15) is 4.79 Å². The summed E-state index contributed by atoms with van der Waals surface area (Å²) in [5.41, 5.74) is 3.56. The van der Waals surface area contributed by atoms with E-state index in [2.05, 4.69) is 22.3 Å². The Hall–Kier alpha value is -2.17. The highest BCUT2D eigenvalue weighted by molar-refractivity contribution is 5.84. The first-order chi connectivity index (χ1) is 9.28. The molecule has 0 fully saturated rings. The van der Waals surface area contributed by atoms with Crippen molar-refractivity contribution in [3.8, 4) is 11.5 Å². The highest BCUT2D eigenvalue weighted by Crippen LogP contribution is 2.27. The van der Waals surface area contributed by atoms with Crippen molar-refractivity contribution >= 4 is 5.97 Å². The monoisotopic (exact) mass is 258 g/mol. The lowest BCUT2D eigenvalue weighted by molar-refractivity contribution is 0.0481. The lowest BCUT2D eigenvalue weighted by Crippen LogP contribution is -2.04. The normalized spacial score (nSPS) is 13.3. The van der Waals surface area contributed by atoms with Gasteiger partial charge in [-0.15, -0.1) is 10.2 Å². The van der Waals surface area contributed by atoms with Gasteiger partial charge in [0.25, 0.3) is 0 Å². The Morgan fingerprint density at radius 1 is 1.32 bits per heavy atom. The smallest absolute Gasteiger partial charge is 0.396 e. The summed E-state index contributed by atoms with van der Waals surface area (Å²) in [5, 5.41) is 7.61. The largest absolute Gasteiger partial charge is 0.459 e. The number of carbonyl (C=O) groups excluding carboxylic acids is 1. The van der Waals surface area contributed by atoms with Gasteiger partial charge >= 0.3 is 11.9 Å². The maximum Gasteiger partial charge on any atom is 0.396 e. The molecule has 5 heteroatoms. The molecule has 1 aromatic carbocycles. The molecule has 1 aliphatic carbocycles. The van der Waals surface area contributed by atoms with Crippen molar-refractivity contribution in [3.05, 3.63) is 35.2 Å². The first-order valence-corrected chi connectivity index (χ1v) is 6.40. The number of esters is 1. The summed E-state index contributed by atoms with van der Waals surface area (Å²) in [7, 11) is 0. The Bertz CT molecular complexity index is 619. The van der Waals surface area contributed by atoms with Crippen LogP contribution < -0.4 is 0 Å². The zero-order valence-electron chi connectivity index (χ0n) is 10.7. The van der Waals surface area contributed by atoms with Gasteiger partial charge in [-0.3, -0.25) is 0 Å². The molecule has 0 radical (unpaired) electrons. The van der Waals surface area contributed by atoms with Gasteiger partial charge in [0.2, 0.25) is 5.89 Å². The van der Waals surface area contributed by atoms with Crippen molar-refractivity contribution < 1.29 is 13.9 Å². The molecule has 3 rings (SSSR count). The van der Waals surface area contributed by atoms with E-state index in [0.717, 1.165) is 18.4 Å². The molecule has 2 aromatic rings. The molecule has 0 amide bonds. The van der Waals surface area contributed by atoms with Gasteiger partial charge in [-0.05, 0) is 49.4 Å². The van der Waals surface area contributed by atoms with Gasteiger partial charge in [0.15, 0.2) is 0 Å². The number of aromatic nitrogens is 2. The molecule has 5 nitrogen and oxygen atoms in total. The van der Waals surface area contributed by atoms with Crippen LogP contribution in [-0.2, 0) is 17.6 Å². The van der Waals surface area contributed by atoms with Crippen LogP contribution in [0, 0.1) is 0 Å². The molecule has 19 heavy (non-hydrogen) atoms. The molecule has 98 valence electrons. The summed E-state index contributed by atoms with van der Waals surface area (Å²) < 4.78 is 10.2. The van der Waals surface area contributed by atoms with E-state index >= 15 is 0 Å². The zero-order valence-corrected chi connectivity index (χ0v) is 10.7. The van der Waals surface area contributed by atoms with Gasteiger partial charge in [0.05, 0.1) is 6.61 Å². The predicted octanol–water partition coefficient (Wildman–Crippen LogP) is 2.40. The quantitative estimate of drug-likeness (QED) is 0.791. The Kier molecular flexibility index (Phi) is 3.03. The van der Waals surface area contributed by atoms with Crippen molar-refractivity contribution in [2.24, 2.45) is 0 Å². The average Bonchev–Trinajstić information content (AvgIpc) is 3.07. The second-order valence-corrected chi connectivity index (χ2v) is 4.47. The van der Waals surface area contributed by atoms with E-state index in [1.807, 2.05) is 6.07 Å². The Balaban J connectivity index is 1.88. The number of aryl methyl sites for hydroxylation is 2. The lowest BCUT2D eigenvalue weighted by Gasteiger charge is -2.00. The molecule has 0 spiro atoms. The summed E-state index contributed by atoms with van der Waals surface area (Å²) >= 11 is 0. The highest BCUT2D eigenvalue weighted by atomic mass is 16.5. The maximum atomic E-state index is 11.5. The van der Waals surface area contributed by atoms with Gasteiger partial charge in [0.1, 0.15) is 0 Å². The van der Waals surface area contributed by atoms with E-state index in [1.165, 1.54) is 17.5 Å². The van der Waals surface area contributed by atoms with Gasteiger partial charge in [-0.1, -0.05) is 6.07 Å². The number of carbonyl (C=O) groups is 1. The standard InChI is InChI=1S/C14H14N2O3/c1-2-18-14(17)13-16-15-12(19-13)11-7-6-9-4-3-5-10(9)8-11/h6-8H,2-5H2,1H3. The SMILES string of the molecule is CCOC(=O)c1nnc(-c2ccc3c(c2)CCC3)o1. The Labute approximate surface area is 110 Å². The topological polar surface area (TPSA) is 65.2 Å². The van der Waals surface area contributed by atoms with Crippen LogP contribution in [0.2, 0.25) is 0 Å². The van der Waals surface area contributed by atoms with Crippen LogP contribution in [0.1, 0.15) is 35.2 Å². The predicted molar refractivity (Wildman–Crippen MR) is 67.7 cm³/mol. The highest BCUT2D eigenvalue weighted by Gasteiger charge is 2.18. The minimum absolute atomic E-state index is 0.0997. The number of benzene rings is 1. The van der Waals surface area contributed by atoms with Crippen LogP contribution in [0.3, 0.4) is 0 Å². The summed E-state index contributed by atoms with van der Waals surface area (Å²) in [6, 6.07) is 6.10. The van der Waals surface area contributed by atoms with E-state index in [-0.39, 0.29) is 12.5 Å². The van der Waals surface area contributed by atoms with Crippen LogP contribution in [0.4, 0.5) is 0 Å². The Morgan fingerprint density at radius 3 is 3.00 bits per heavy atom. The fourth-order valence-electron chi connectivity index (χ4n) is 2.32. The van der Waals surface area contributed by atoms with Crippen molar-refractivity contribution in [2.75, 3.05) is 6.61 Å². The second kappa shape index (κ2) is 4.84. The fourth-order valence-corrected chi connectivity index (χ4v) is 2.32. The molecule has 0 atom stereocenters.